The Morgan fingerprint density at radius 1 is 1.42 bits per heavy atom. The zero-order chi connectivity index (χ0) is 22.3. The summed E-state index contributed by atoms with van der Waals surface area (Å²) < 4.78 is 11.0. The van der Waals surface area contributed by atoms with Gasteiger partial charge in [0.1, 0.15) is 6.61 Å². The number of hydrogen-bond donors (Lipinski definition) is 1. The van der Waals surface area contributed by atoms with Crippen molar-refractivity contribution in [2.24, 2.45) is 0 Å². The monoisotopic (exact) mass is 443 g/mol. The second-order valence-electron chi connectivity index (χ2n) is 7.62. The molecule has 3 atom stereocenters. The fraction of sp³-hybridized carbons (Fsp3) is 0.318. The number of halogens is 1. The van der Waals surface area contributed by atoms with E-state index in [1.54, 1.807) is 54.4 Å². The first kappa shape index (κ1) is 21.1. The van der Waals surface area contributed by atoms with Gasteiger partial charge in [0.15, 0.2) is 17.0 Å². The number of rotatable bonds is 6. The number of likely N-dealkylation sites (N-methyl/N-ethyl adjacent to an activating group) is 1. The summed E-state index contributed by atoms with van der Waals surface area (Å²) in [4.78, 5) is 27.0. The van der Waals surface area contributed by atoms with E-state index in [9.17, 15) is 14.9 Å². The number of nitrogens with zero attached hydrogens (tertiary/aromatic N) is 2. The Kier molecular flexibility index (Phi) is 5.36. The molecule has 0 aliphatic carbocycles. The van der Waals surface area contributed by atoms with Gasteiger partial charge in [0.05, 0.1) is 18.1 Å². The number of nitrogens with one attached hydrogen (secondary N) is 1. The highest BCUT2D eigenvalue weighted by Crippen LogP contribution is 2.53. The number of likely N-dealkylation sites (tertiary alicyclic amines) is 1. The van der Waals surface area contributed by atoms with E-state index in [2.05, 4.69) is 11.9 Å². The number of fused-ring (bicyclic) bond motifs is 2. The number of para-hydroxylation sites is 1. The van der Waals surface area contributed by atoms with Crippen molar-refractivity contribution in [3.05, 3.63) is 75.3 Å². The van der Waals surface area contributed by atoms with Crippen LogP contribution in [-0.4, -0.2) is 49.1 Å². The maximum atomic E-state index is 13.2. The maximum Gasteiger partial charge on any atom is 0.256 e. The number of carbonyl (C=O) groups is 1. The number of methoxy groups -OCH3 is 1. The first-order chi connectivity index (χ1) is 14.9. The minimum atomic E-state index is -1.41. The van der Waals surface area contributed by atoms with Gasteiger partial charge in [-0.3, -0.25) is 19.8 Å². The summed E-state index contributed by atoms with van der Waals surface area (Å²) >= 11 is 6.45. The van der Waals surface area contributed by atoms with Crippen molar-refractivity contribution in [1.29, 1.82) is 0 Å². The number of amides is 1. The fourth-order valence-corrected chi connectivity index (χ4v) is 5.09. The first-order valence-electron chi connectivity index (χ1n) is 9.73. The van der Waals surface area contributed by atoms with Gasteiger partial charge in [-0.25, -0.2) is 0 Å². The van der Waals surface area contributed by atoms with E-state index in [1.807, 2.05) is 0 Å². The van der Waals surface area contributed by atoms with Crippen LogP contribution < -0.4 is 14.8 Å². The number of nitro groups is 1. The predicted molar refractivity (Wildman–Crippen MR) is 117 cm³/mol. The SMILES string of the molecule is C=CCOc1c(Cl)cc([C@@H]2CN(C)[C@]3(C(=O)Nc4ccccc43)[C@H]2[N+](=O)[O-])cc1OC. The largest absolute Gasteiger partial charge is 0.493 e. The molecule has 9 heteroatoms. The van der Waals surface area contributed by atoms with Gasteiger partial charge in [0.2, 0.25) is 0 Å². The number of carbonyl (C=O) groups excluding carboxylic acids is 1. The highest BCUT2D eigenvalue weighted by Gasteiger charge is 2.68. The quantitative estimate of drug-likeness (QED) is 0.417. The van der Waals surface area contributed by atoms with Gasteiger partial charge in [-0.05, 0) is 30.8 Å². The molecule has 0 bridgehead atoms. The summed E-state index contributed by atoms with van der Waals surface area (Å²) in [6.45, 7) is 4.14. The lowest BCUT2D eigenvalue weighted by Gasteiger charge is -2.30. The molecule has 31 heavy (non-hydrogen) atoms. The molecule has 0 saturated carbocycles. The van der Waals surface area contributed by atoms with E-state index in [0.29, 0.717) is 34.9 Å². The summed E-state index contributed by atoms with van der Waals surface area (Å²) in [6.07, 6.45) is 1.58. The highest BCUT2D eigenvalue weighted by molar-refractivity contribution is 6.32. The molecule has 0 aromatic heterocycles. The second kappa shape index (κ2) is 7.86. The Morgan fingerprint density at radius 3 is 2.84 bits per heavy atom. The van der Waals surface area contributed by atoms with Crippen molar-refractivity contribution in [3.8, 4) is 11.5 Å². The van der Waals surface area contributed by atoms with Crippen LogP contribution in [0, 0.1) is 10.1 Å². The molecule has 2 aliphatic rings. The third-order valence-electron chi connectivity index (χ3n) is 6.07. The number of anilines is 1. The van der Waals surface area contributed by atoms with Crippen LogP contribution in [-0.2, 0) is 10.3 Å². The standard InChI is InChI=1S/C22H22ClN3O5/c1-4-9-31-19-16(23)10-13(11-18(19)30-3)14-12-25(2)22(20(14)26(28)29)15-7-5-6-8-17(15)24-21(22)27/h4-8,10-11,14,20H,1,9,12H2,2-3H3,(H,24,27)/t14-,20-,22-/m0/s1. The lowest BCUT2D eigenvalue weighted by molar-refractivity contribution is -0.534. The molecule has 2 aromatic carbocycles. The van der Waals surface area contributed by atoms with Crippen LogP contribution >= 0.6 is 11.6 Å². The zero-order valence-corrected chi connectivity index (χ0v) is 17.9. The summed E-state index contributed by atoms with van der Waals surface area (Å²) in [6, 6.07) is 9.21. The van der Waals surface area contributed by atoms with Gasteiger partial charge < -0.3 is 14.8 Å². The van der Waals surface area contributed by atoms with E-state index in [-0.39, 0.29) is 16.6 Å². The van der Waals surface area contributed by atoms with Gasteiger partial charge in [0, 0.05) is 22.7 Å². The van der Waals surface area contributed by atoms with Gasteiger partial charge in [-0.1, -0.05) is 42.5 Å². The topological polar surface area (TPSA) is 93.9 Å². The maximum absolute atomic E-state index is 13.2. The van der Waals surface area contributed by atoms with Crippen LogP contribution in [0.25, 0.3) is 0 Å². The van der Waals surface area contributed by atoms with E-state index in [0.717, 1.165) is 0 Å². The molecule has 8 nitrogen and oxygen atoms in total. The molecule has 0 unspecified atom stereocenters. The van der Waals surface area contributed by atoms with Crippen molar-refractivity contribution in [3.63, 3.8) is 0 Å². The van der Waals surface area contributed by atoms with Gasteiger partial charge in [0.25, 0.3) is 11.9 Å². The van der Waals surface area contributed by atoms with E-state index in [1.165, 1.54) is 7.11 Å². The summed E-state index contributed by atoms with van der Waals surface area (Å²) in [7, 11) is 3.21. The van der Waals surface area contributed by atoms with Crippen molar-refractivity contribution >= 4 is 23.2 Å². The van der Waals surface area contributed by atoms with E-state index in [4.69, 9.17) is 21.1 Å². The molecule has 0 radical (unpaired) electrons. The fourth-order valence-electron chi connectivity index (χ4n) is 4.82. The van der Waals surface area contributed by atoms with Crippen LogP contribution in [0.1, 0.15) is 17.0 Å². The van der Waals surface area contributed by atoms with Gasteiger partial charge >= 0.3 is 0 Å². The molecule has 2 heterocycles. The van der Waals surface area contributed by atoms with Crippen LogP contribution in [0.2, 0.25) is 5.02 Å². The Labute approximate surface area is 184 Å². The van der Waals surface area contributed by atoms with E-state index >= 15 is 0 Å². The smallest absolute Gasteiger partial charge is 0.256 e. The Morgan fingerprint density at radius 2 is 2.16 bits per heavy atom. The molecule has 162 valence electrons. The van der Waals surface area contributed by atoms with Crippen molar-refractivity contribution in [1.82, 2.24) is 4.90 Å². The molecule has 4 rings (SSSR count). The number of hydrogen-bond acceptors (Lipinski definition) is 6. The van der Waals surface area contributed by atoms with Gasteiger partial charge in [-0.15, -0.1) is 0 Å². The van der Waals surface area contributed by atoms with Crippen LogP contribution in [0.15, 0.2) is 49.1 Å². The Hall–Kier alpha value is -3.10. The van der Waals surface area contributed by atoms with Crippen LogP contribution in [0.4, 0.5) is 5.69 Å². The molecule has 1 fully saturated rings. The van der Waals surface area contributed by atoms with E-state index < -0.39 is 23.4 Å². The minimum Gasteiger partial charge on any atom is -0.493 e. The summed E-state index contributed by atoms with van der Waals surface area (Å²) in [5.74, 6) is -0.289. The average Bonchev–Trinajstić information content (AvgIpc) is 3.22. The average molecular weight is 444 g/mol. The molecular weight excluding hydrogens is 422 g/mol. The van der Waals surface area contributed by atoms with Crippen LogP contribution in [0.5, 0.6) is 11.5 Å². The minimum absolute atomic E-state index is 0.235. The lowest BCUT2D eigenvalue weighted by atomic mass is 9.79. The predicted octanol–water partition coefficient (Wildman–Crippen LogP) is 3.44. The Bertz CT molecular complexity index is 1080. The molecule has 1 amide bonds. The number of ether oxygens (including phenoxy) is 2. The molecule has 2 aromatic rings. The van der Waals surface area contributed by atoms with Crippen molar-refractivity contribution in [2.75, 3.05) is 32.6 Å². The lowest BCUT2D eigenvalue weighted by Crippen LogP contribution is -2.54. The normalized spacial score (nSPS) is 24.7. The molecule has 1 spiro atoms. The first-order valence-corrected chi connectivity index (χ1v) is 10.1. The van der Waals surface area contributed by atoms with Crippen molar-refractivity contribution in [2.45, 2.75) is 17.5 Å². The van der Waals surface area contributed by atoms with Crippen molar-refractivity contribution < 1.29 is 19.2 Å². The number of benzene rings is 2. The highest BCUT2D eigenvalue weighted by atomic mass is 35.5. The van der Waals surface area contributed by atoms with Crippen LogP contribution in [0.3, 0.4) is 0 Å². The second-order valence-corrected chi connectivity index (χ2v) is 8.02. The third-order valence-corrected chi connectivity index (χ3v) is 6.35. The molecule has 1 saturated heterocycles. The molecular formula is C22H22ClN3O5. The summed E-state index contributed by atoms with van der Waals surface area (Å²) in [5, 5.41) is 15.5. The molecule has 2 aliphatic heterocycles. The zero-order valence-electron chi connectivity index (χ0n) is 17.1. The van der Waals surface area contributed by atoms with Gasteiger partial charge in [-0.2, -0.15) is 0 Å². The molecule has 1 N–H and O–H groups in total. The summed E-state index contributed by atoms with van der Waals surface area (Å²) in [5.41, 5.74) is 0.393. The Balaban J connectivity index is 1.85. The third kappa shape index (κ3) is 3.05.